The molecule has 1 atom stereocenters. The lowest BCUT2D eigenvalue weighted by Gasteiger charge is -2.13. The molecule has 0 saturated heterocycles. The van der Waals surface area contributed by atoms with Gasteiger partial charge in [0.2, 0.25) is 0 Å². The van der Waals surface area contributed by atoms with Crippen molar-refractivity contribution in [1.82, 2.24) is 4.98 Å². The first kappa shape index (κ1) is 13.1. The van der Waals surface area contributed by atoms with E-state index in [4.69, 9.17) is 5.73 Å². The van der Waals surface area contributed by atoms with Gasteiger partial charge in [0.25, 0.3) is 0 Å². The predicted molar refractivity (Wildman–Crippen MR) is 77.8 cm³/mol. The fraction of sp³-hybridized carbons (Fsp3) is 0.267. The second kappa shape index (κ2) is 6.03. The van der Waals surface area contributed by atoms with Gasteiger partial charge < -0.3 is 5.73 Å². The lowest BCUT2D eigenvalue weighted by atomic mass is 10.0. The van der Waals surface area contributed by atoms with Crippen molar-refractivity contribution < 1.29 is 0 Å². The van der Waals surface area contributed by atoms with Crippen molar-refractivity contribution in [1.29, 1.82) is 0 Å². The summed E-state index contributed by atoms with van der Waals surface area (Å²) in [6, 6.07) is 12.5. The summed E-state index contributed by atoms with van der Waals surface area (Å²) in [6.45, 7) is 4.21. The van der Waals surface area contributed by atoms with E-state index in [1.165, 1.54) is 16.7 Å². The summed E-state index contributed by atoms with van der Waals surface area (Å²) < 4.78 is 0. The molecule has 0 bridgehead atoms. The van der Waals surface area contributed by atoms with Crippen molar-refractivity contribution in [3.8, 4) is 0 Å². The first-order valence-electron chi connectivity index (χ1n) is 6.03. The zero-order valence-electron chi connectivity index (χ0n) is 10.8. The van der Waals surface area contributed by atoms with E-state index in [1.807, 2.05) is 24.4 Å². The number of nitrogens with zero attached hydrogens (tertiary/aromatic N) is 1. The average molecular weight is 258 g/mol. The Balaban J connectivity index is 2.01. The maximum atomic E-state index is 6.23. The Hall–Kier alpha value is -1.32. The molecule has 18 heavy (non-hydrogen) atoms. The molecular formula is C15H18N2S. The van der Waals surface area contributed by atoms with E-state index < -0.39 is 0 Å². The molecule has 2 nitrogen and oxygen atoms in total. The zero-order chi connectivity index (χ0) is 13.0. The summed E-state index contributed by atoms with van der Waals surface area (Å²) in [4.78, 5) is 4.29. The van der Waals surface area contributed by atoms with Crippen LogP contribution in [0.15, 0.2) is 47.6 Å². The quantitative estimate of drug-likeness (QED) is 0.853. The van der Waals surface area contributed by atoms with Gasteiger partial charge in [0.1, 0.15) is 0 Å². The fourth-order valence-electron chi connectivity index (χ4n) is 1.93. The van der Waals surface area contributed by atoms with Gasteiger partial charge in [-0.15, -0.1) is 11.8 Å². The molecule has 0 saturated carbocycles. The van der Waals surface area contributed by atoms with Crippen LogP contribution in [0.1, 0.15) is 22.7 Å². The third-order valence-electron chi connectivity index (χ3n) is 2.72. The van der Waals surface area contributed by atoms with E-state index in [1.54, 1.807) is 11.8 Å². The Morgan fingerprint density at radius 2 is 1.89 bits per heavy atom. The fourth-order valence-corrected chi connectivity index (χ4v) is 2.78. The van der Waals surface area contributed by atoms with Crippen LogP contribution in [0.5, 0.6) is 0 Å². The molecule has 1 unspecified atom stereocenters. The predicted octanol–water partition coefficient (Wildman–Crippen LogP) is 3.49. The van der Waals surface area contributed by atoms with Gasteiger partial charge in [-0.25, -0.2) is 4.98 Å². The Morgan fingerprint density at radius 3 is 2.50 bits per heavy atom. The minimum absolute atomic E-state index is 0.0515. The van der Waals surface area contributed by atoms with Crippen LogP contribution in [-0.4, -0.2) is 10.7 Å². The van der Waals surface area contributed by atoms with Gasteiger partial charge in [0, 0.05) is 18.0 Å². The molecule has 0 aliphatic carbocycles. The number of nitrogens with two attached hydrogens (primary N) is 1. The molecule has 0 amide bonds. The van der Waals surface area contributed by atoms with Crippen LogP contribution in [0.4, 0.5) is 0 Å². The molecular weight excluding hydrogens is 240 g/mol. The van der Waals surface area contributed by atoms with Crippen LogP contribution in [0.2, 0.25) is 0 Å². The summed E-state index contributed by atoms with van der Waals surface area (Å²) in [7, 11) is 0. The Bertz CT molecular complexity index is 491. The molecule has 1 heterocycles. The number of aromatic nitrogens is 1. The average Bonchev–Trinajstić information content (AvgIpc) is 2.36. The SMILES string of the molecule is Cc1cc(C)cc(C(N)CSc2ccccn2)c1. The first-order valence-corrected chi connectivity index (χ1v) is 7.01. The first-order chi connectivity index (χ1) is 8.65. The van der Waals surface area contributed by atoms with Crippen LogP contribution in [0.25, 0.3) is 0 Å². The smallest absolute Gasteiger partial charge is 0.0960 e. The van der Waals surface area contributed by atoms with Gasteiger partial charge in [-0.2, -0.15) is 0 Å². The van der Waals surface area contributed by atoms with Crippen molar-refractivity contribution in [3.63, 3.8) is 0 Å². The van der Waals surface area contributed by atoms with Crippen LogP contribution in [0, 0.1) is 13.8 Å². The maximum Gasteiger partial charge on any atom is 0.0960 e. The van der Waals surface area contributed by atoms with Crippen molar-refractivity contribution in [3.05, 3.63) is 59.3 Å². The standard InChI is InChI=1S/C15H18N2S/c1-11-7-12(2)9-13(8-11)14(16)10-18-15-5-3-4-6-17-15/h3-9,14H,10,16H2,1-2H3. The molecule has 2 rings (SSSR count). The zero-order valence-corrected chi connectivity index (χ0v) is 11.6. The highest BCUT2D eigenvalue weighted by Gasteiger charge is 2.08. The van der Waals surface area contributed by atoms with E-state index in [9.17, 15) is 0 Å². The lowest BCUT2D eigenvalue weighted by molar-refractivity contribution is 0.827. The highest BCUT2D eigenvalue weighted by atomic mass is 32.2. The number of rotatable bonds is 4. The Kier molecular flexibility index (Phi) is 4.39. The summed E-state index contributed by atoms with van der Waals surface area (Å²) in [5, 5.41) is 1.03. The molecule has 1 aromatic heterocycles. The minimum atomic E-state index is 0.0515. The number of pyridine rings is 1. The normalized spacial score (nSPS) is 12.4. The van der Waals surface area contributed by atoms with Crippen molar-refractivity contribution in [2.24, 2.45) is 5.73 Å². The third kappa shape index (κ3) is 3.59. The number of hydrogen-bond donors (Lipinski definition) is 1. The summed E-state index contributed by atoms with van der Waals surface area (Å²) in [5.41, 5.74) is 9.97. The van der Waals surface area contributed by atoms with Gasteiger partial charge in [-0.05, 0) is 31.5 Å². The third-order valence-corrected chi connectivity index (χ3v) is 3.78. The number of hydrogen-bond acceptors (Lipinski definition) is 3. The summed E-state index contributed by atoms with van der Waals surface area (Å²) >= 11 is 1.70. The van der Waals surface area contributed by atoms with Crippen LogP contribution in [0.3, 0.4) is 0 Å². The van der Waals surface area contributed by atoms with E-state index in [2.05, 4.69) is 37.0 Å². The van der Waals surface area contributed by atoms with E-state index >= 15 is 0 Å². The van der Waals surface area contributed by atoms with Gasteiger partial charge >= 0.3 is 0 Å². The van der Waals surface area contributed by atoms with E-state index in [0.29, 0.717) is 0 Å². The molecule has 1 aromatic carbocycles. The number of aryl methyl sites for hydroxylation is 2. The van der Waals surface area contributed by atoms with Crippen molar-refractivity contribution >= 4 is 11.8 Å². The van der Waals surface area contributed by atoms with Crippen molar-refractivity contribution in [2.75, 3.05) is 5.75 Å². The van der Waals surface area contributed by atoms with E-state index in [-0.39, 0.29) is 6.04 Å². The molecule has 3 heteroatoms. The summed E-state index contributed by atoms with van der Waals surface area (Å²) in [5.74, 6) is 0.847. The molecule has 2 N–H and O–H groups in total. The number of benzene rings is 1. The molecule has 0 spiro atoms. The molecule has 0 aliphatic heterocycles. The molecule has 0 radical (unpaired) electrons. The van der Waals surface area contributed by atoms with Crippen LogP contribution < -0.4 is 5.73 Å². The van der Waals surface area contributed by atoms with Gasteiger partial charge in [-0.3, -0.25) is 0 Å². The second-order valence-corrected chi connectivity index (χ2v) is 5.55. The Morgan fingerprint density at radius 1 is 1.17 bits per heavy atom. The summed E-state index contributed by atoms with van der Waals surface area (Å²) in [6.07, 6.45) is 1.81. The maximum absolute atomic E-state index is 6.23. The highest BCUT2D eigenvalue weighted by molar-refractivity contribution is 7.99. The van der Waals surface area contributed by atoms with Crippen LogP contribution >= 0.6 is 11.8 Å². The lowest BCUT2D eigenvalue weighted by Crippen LogP contribution is -2.13. The monoisotopic (exact) mass is 258 g/mol. The van der Waals surface area contributed by atoms with Gasteiger partial charge in [0.15, 0.2) is 0 Å². The molecule has 0 aliphatic rings. The highest BCUT2D eigenvalue weighted by Crippen LogP contribution is 2.22. The van der Waals surface area contributed by atoms with Gasteiger partial charge in [0.05, 0.1) is 5.03 Å². The second-order valence-electron chi connectivity index (χ2n) is 4.51. The minimum Gasteiger partial charge on any atom is -0.323 e. The molecule has 2 aromatic rings. The van der Waals surface area contributed by atoms with Crippen LogP contribution in [-0.2, 0) is 0 Å². The van der Waals surface area contributed by atoms with E-state index in [0.717, 1.165) is 10.8 Å². The molecule has 0 fully saturated rings. The number of thioether (sulfide) groups is 1. The Labute approximate surface area is 113 Å². The largest absolute Gasteiger partial charge is 0.323 e. The van der Waals surface area contributed by atoms with Crippen molar-refractivity contribution in [2.45, 2.75) is 24.9 Å². The topological polar surface area (TPSA) is 38.9 Å². The molecule has 94 valence electrons. The van der Waals surface area contributed by atoms with Gasteiger partial charge in [-0.1, -0.05) is 35.4 Å².